The van der Waals surface area contributed by atoms with Crippen LogP contribution in [0, 0.1) is 6.92 Å². The molecule has 0 spiro atoms. The van der Waals surface area contributed by atoms with Gasteiger partial charge in [-0.1, -0.05) is 26.0 Å². The third-order valence-electron chi connectivity index (χ3n) is 4.27. The number of benzene rings is 2. The van der Waals surface area contributed by atoms with E-state index in [1.165, 1.54) is 23.1 Å². The molecule has 2 heteroatoms. The molecule has 0 bridgehead atoms. The predicted molar refractivity (Wildman–Crippen MR) is 85.5 cm³/mol. The van der Waals surface area contributed by atoms with Gasteiger partial charge in [0.1, 0.15) is 17.2 Å². The van der Waals surface area contributed by atoms with Crippen molar-refractivity contribution in [2.45, 2.75) is 46.0 Å². The molecular formula is C19H22O2. The Balaban J connectivity index is 1.98. The summed E-state index contributed by atoms with van der Waals surface area (Å²) in [6, 6.07) is 9.89. The Bertz CT molecular complexity index is 672. The Labute approximate surface area is 126 Å². The van der Waals surface area contributed by atoms with Gasteiger partial charge in [0.05, 0.1) is 0 Å². The summed E-state index contributed by atoms with van der Waals surface area (Å²) in [6.45, 7) is 6.24. The second kappa shape index (κ2) is 5.44. The van der Waals surface area contributed by atoms with Crippen LogP contribution < -0.4 is 4.74 Å². The van der Waals surface area contributed by atoms with Gasteiger partial charge in [-0.05, 0) is 67.0 Å². The van der Waals surface area contributed by atoms with E-state index in [1.807, 2.05) is 12.1 Å². The minimum atomic E-state index is 0.274. The first kappa shape index (κ1) is 14.0. The highest BCUT2D eigenvalue weighted by atomic mass is 16.5. The lowest BCUT2D eigenvalue weighted by molar-refractivity contribution is 0.452. The topological polar surface area (TPSA) is 29.5 Å². The average Bonchev–Trinajstić information content (AvgIpc) is 2.92. The predicted octanol–water partition coefficient (Wildman–Crippen LogP) is 5.11. The summed E-state index contributed by atoms with van der Waals surface area (Å²) >= 11 is 0. The van der Waals surface area contributed by atoms with Crippen molar-refractivity contribution in [3.63, 3.8) is 0 Å². The van der Waals surface area contributed by atoms with Crippen molar-refractivity contribution in [2.24, 2.45) is 0 Å². The Morgan fingerprint density at radius 2 is 1.90 bits per heavy atom. The maximum atomic E-state index is 9.93. The number of phenolic OH excluding ortho intramolecular Hbond substituents is 1. The van der Waals surface area contributed by atoms with Crippen LogP contribution in [0.1, 0.15) is 48.4 Å². The highest BCUT2D eigenvalue weighted by molar-refractivity contribution is 5.51. The second-order valence-electron chi connectivity index (χ2n) is 6.18. The first-order chi connectivity index (χ1) is 10.1. The van der Waals surface area contributed by atoms with Gasteiger partial charge in [-0.3, -0.25) is 0 Å². The molecule has 0 amide bonds. The van der Waals surface area contributed by atoms with Crippen LogP contribution in [0.4, 0.5) is 0 Å². The zero-order valence-corrected chi connectivity index (χ0v) is 12.9. The van der Waals surface area contributed by atoms with Crippen molar-refractivity contribution in [3.05, 3.63) is 52.6 Å². The molecule has 0 saturated heterocycles. The lowest BCUT2D eigenvalue weighted by Gasteiger charge is -2.15. The molecular weight excluding hydrogens is 260 g/mol. The van der Waals surface area contributed by atoms with Crippen LogP contribution in [-0.2, 0) is 12.8 Å². The molecule has 110 valence electrons. The Hall–Kier alpha value is -1.96. The lowest BCUT2D eigenvalue weighted by atomic mass is 10.0. The van der Waals surface area contributed by atoms with E-state index in [0.29, 0.717) is 5.75 Å². The van der Waals surface area contributed by atoms with E-state index >= 15 is 0 Å². The average molecular weight is 282 g/mol. The SMILES string of the molecule is Cc1ccc2c(c1Oc1ccc(O)c(C(C)C)c1)CCC2. The van der Waals surface area contributed by atoms with Crippen LogP contribution in [0.3, 0.4) is 0 Å². The molecule has 1 N–H and O–H groups in total. The Kier molecular flexibility index (Phi) is 3.62. The molecule has 0 heterocycles. The summed E-state index contributed by atoms with van der Waals surface area (Å²) < 4.78 is 6.19. The van der Waals surface area contributed by atoms with Gasteiger partial charge in [-0.25, -0.2) is 0 Å². The van der Waals surface area contributed by atoms with Crippen molar-refractivity contribution in [2.75, 3.05) is 0 Å². The van der Waals surface area contributed by atoms with Gasteiger partial charge in [0.25, 0.3) is 0 Å². The summed E-state index contributed by atoms with van der Waals surface area (Å²) in [5, 5.41) is 9.93. The highest BCUT2D eigenvalue weighted by Crippen LogP contribution is 2.38. The van der Waals surface area contributed by atoms with Gasteiger partial charge < -0.3 is 9.84 Å². The maximum Gasteiger partial charge on any atom is 0.133 e. The van der Waals surface area contributed by atoms with Crippen molar-refractivity contribution >= 4 is 0 Å². The molecule has 0 aliphatic heterocycles. The minimum absolute atomic E-state index is 0.274. The summed E-state index contributed by atoms with van der Waals surface area (Å²) in [5.74, 6) is 2.42. The van der Waals surface area contributed by atoms with E-state index in [2.05, 4.69) is 32.9 Å². The molecule has 1 aliphatic rings. The summed E-state index contributed by atoms with van der Waals surface area (Å²) in [7, 11) is 0. The zero-order chi connectivity index (χ0) is 15.0. The van der Waals surface area contributed by atoms with Crippen LogP contribution >= 0.6 is 0 Å². The molecule has 0 radical (unpaired) electrons. The Morgan fingerprint density at radius 1 is 1.10 bits per heavy atom. The first-order valence-corrected chi connectivity index (χ1v) is 7.68. The van der Waals surface area contributed by atoms with E-state index in [1.54, 1.807) is 6.07 Å². The van der Waals surface area contributed by atoms with Gasteiger partial charge in [0.15, 0.2) is 0 Å². The van der Waals surface area contributed by atoms with Gasteiger partial charge in [0, 0.05) is 5.56 Å². The van der Waals surface area contributed by atoms with E-state index in [-0.39, 0.29) is 5.92 Å². The van der Waals surface area contributed by atoms with Crippen LogP contribution in [0.2, 0.25) is 0 Å². The van der Waals surface area contributed by atoms with Gasteiger partial charge in [-0.2, -0.15) is 0 Å². The van der Waals surface area contributed by atoms with Crippen molar-refractivity contribution in [1.29, 1.82) is 0 Å². The van der Waals surface area contributed by atoms with Crippen LogP contribution in [0.5, 0.6) is 17.2 Å². The number of aryl methyl sites for hydroxylation is 2. The largest absolute Gasteiger partial charge is 0.508 e. The fourth-order valence-electron chi connectivity index (χ4n) is 3.07. The molecule has 1 aliphatic carbocycles. The van der Waals surface area contributed by atoms with Gasteiger partial charge in [0.2, 0.25) is 0 Å². The van der Waals surface area contributed by atoms with Crippen LogP contribution in [0.25, 0.3) is 0 Å². The van der Waals surface area contributed by atoms with Gasteiger partial charge >= 0.3 is 0 Å². The first-order valence-electron chi connectivity index (χ1n) is 7.68. The summed E-state index contributed by atoms with van der Waals surface area (Å²) in [4.78, 5) is 0. The standard InChI is InChI=1S/C19H22O2/c1-12(2)17-11-15(9-10-18(17)20)21-19-13(3)7-8-14-5-4-6-16(14)19/h7-12,20H,4-6H2,1-3H3. The monoisotopic (exact) mass is 282 g/mol. The molecule has 2 aromatic carbocycles. The smallest absolute Gasteiger partial charge is 0.133 e. The molecule has 0 saturated carbocycles. The quantitative estimate of drug-likeness (QED) is 0.848. The fourth-order valence-corrected chi connectivity index (χ4v) is 3.07. The number of ether oxygens (including phenoxy) is 1. The maximum absolute atomic E-state index is 9.93. The second-order valence-corrected chi connectivity index (χ2v) is 6.18. The molecule has 0 aromatic heterocycles. The van der Waals surface area contributed by atoms with E-state index in [4.69, 9.17) is 4.74 Å². The minimum Gasteiger partial charge on any atom is -0.508 e. The molecule has 3 rings (SSSR count). The molecule has 2 aromatic rings. The third-order valence-corrected chi connectivity index (χ3v) is 4.27. The number of rotatable bonds is 3. The third kappa shape index (κ3) is 2.63. The molecule has 0 unspecified atom stereocenters. The molecule has 21 heavy (non-hydrogen) atoms. The van der Waals surface area contributed by atoms with E-state index in [0.717, 1.165) is 29.9 Å². The summed E-state index contributed by atoms with van der Waals surface area (Å²) in [5.41, 5.74) is 4.88. The number of aromatic hydroxyl groups is 1. The summed E-state index contributed by atoms with van der Waals surface area (Å²) in [6.07, 6.45) is 3.46. The Morgan fingerprint density at radius 3 is 2.67 bits per heavy atom. The molecule has 2 nitrogen and oxygen atoms in total. The number of hydrogen-bond acceptors (Lipinski definition) is 2. The van der Waals surface area contributed by atoms with E-state index < -0.39 is 0 Å². The number of phenols is 1. The lowest BCUT2D eigenvalue weighted by Crippen LogP contribution is -1.96. The van der Waals surface area contributed by atoms with Gasteiger partial charge in [-0.15, -0.1) is 0 Å². The normalized spacial score (nSPS) is 13.5. The van der Waals surface area contributed by atoms with Crippen molar-refractivity contribution < 1.29 is 9.84 Å². The van der Waals surface area contributed by atoms with Crippen LogP contribution in [0.15, 0.2) is 30.3 Å². The zero-order valence-electron chi connectivity index (χ0n) is 12.9. The van der Waals surface area contributed by atoms with E-state index in [9.17, 15) is 5.11 Å². The fraction of sp³-hybridized carbons (Fsp3) is 0.368. The number of fused-ring (bicyclic) bond motifs is 1. The van der Waals surface area contributed by atoms with Crippen molar-refractivity contribution in [1.82, 2.24) is 0 Å². The molecule has 0 atom stereocenters. The van der Waals surface area contributed by atoms with Crippen LogP contribution in [-0.4, -0.2) is 5.11 Å². The highest BCUT2D eigenvalue weighted by Gasteiger charge is 2.18. The van der Waals surface area contributed by atoms with Crippen molar-refractivity contribution in [3.8, 4) is 17.2 Å². The molecule has 0 fully saturated rings. The number of hydrogen-bond donors (Lipinski definition) is 1.